The molecule has 0 saturated carbocycles. The topological polar surface area (TPSA) is 86.1 Å². The highest BCUT2D eigenvalue weighted by molar-refractivity contribution is 5.77. The lowest BCUT2D eigenvalue weighted by Crippen LogP contribution is -2.33. The van der Waals surface area contributed by atoms with Gasteiger partial charge in [-0.25, -0.2) is 9.48 Å². The Bertz CT molecular complexity index is 728. The zero-order valence-corrected chi connectivity index (χ0v) is 13.7. The van der Waals surface area contributed by atoms with Crippen LogP contribution in [-0.2, 0) is 14.3 Å². The van der Waals surface area contributed by atoms with Crippen molar-refractivity contribution in [2.24, 2.45) is 0 Å². The van der Waals surface area contributed by atoms with Crippen LogP contribution in [0.5, 0.6) is 0 Å². The molecule has 0 fully saturated rings. The number of carbonyl (C=O) groups is 2. The van der Waals surface area contributed by atoms with Gasteiger partial charge < -0.3 is 10.1 Å². The van der Waals surface area contributed by atoms with Crippen molar-refractivity contribution in [3.8, 4) is 0 Å². The summed E-state index contributed by atoms with van der Waals surface area (Å²) in [5.74, 6) is -0.464. The van der Waals surface area contributed by atoms with Crippen molar-refractivity contribution in [3.63, 3.8) is 0 Å². The van der Waals surface area contributed by atoms with E-state index in [2.05, 4.69) is 15.6 Å². The maximum absolute atomic E-state index is 12.5. The van der Waals surface area contributed by atoms with Gasteiger partial charge in [-0.2, -0.15) is 0 Å². The number of allylic oxidation sites excluding steroid dienone is 2. The molecule has 1 aliphatic rings. The highest BCUT2D eigenvalue weighted by Gasteiger charge is 2.24. The van der Waals surface area contributed by atoms with Gasteiger partial charge in [0.05, 0.1) is 12.2 Å². The molecule has 1 N–H and O–H groups in total. The van der Waals surface area contributed by atoms with Crippen LogP contribution in [-0.4, -0.2) is 33.5 Å². The summed E-state index contributed by atoms with van der Waals surface area (Å²) >= 11 is 0. The summed E-state index contributed by atoms with van der Waals surface area (Å²) in [6.07, 6.45) is 8.39. The van der Waals surface area contributed by atoms with E-state index < -0.39 is 12.0 Å². The van der Waals surface area contributed by atoms with Gasteiger partial charge in [-0.1, -0.05) is 47.7 Å². The lowest BCUT2D eigenvalue weighted by Gasteiger charge is -2.21. The first-order chi connectivity index (χ1) is 12.2. The second-order valence-electron chi connectivity index (χ2n) is 5.81. The maximum atomic E-state index is 12.5. The molecule has 25 heavy (non-hydrogen) atoms. The Kier molecular flexibility index (Phi) is 5.56. The van der Waals surface area contributed by atoms with E-state index >= 15 is 0 Å². The average Bonchev–Trinajstić information content (AvgIpc) is 3.15. The first kappa shape index (κ1) is 16.9. The van der Waals surface area contributed by atoms with Crippen molar-refractivity contribution in [2.45, 2.75) is 31.3 Å². The third-order valence-corrected chi connectivity index (χ3v) is 4.03. The predicted octanol–water partition coefficient (Wildman–Crippen LogP) is 1.96. The van der Waals surface area contributed by atoms with E-state index in [1.807, 2.05) is 42.5 Å². The van der Waals surface area contributed by atoms with Gasteiger partial charge in [-0.05, 0) is 18.4 Å². The van der Waals surface area contributed by atoms with E-state index in [-0.39, 0.29) is 18.6 Å². The quantitative estimate of drug-likeness (QED) is 0.667. The fourth-order valence-electron chi connectivity index (χ4n) is 2.69. The molecular formula is C18H20N4O3. The summed E-state index contributed by atoms with van der Waals surface area (Å²) in [6, 6.07) is 8.54. The molecule has 0 saturated heterocycles. The van der Waals surface area contributed by atoms with Gasteiger partial charge in [-0.15, -0.1) is 5.10 Å². The molecule has 1 aromatic carbocycles. The maximum Gasteiger partial charge on any atom is 0.331 e. The fourth-order valence-corrected chi connectivity index (χ4v) is 2.69. The first-order valence-corrected chi connectivity index (χ1v) is 8.26. The van der Waals surface area contributed by atoms with Crippen molar-refractivity contribution in [1.82, 2.24) is 20.3 Å². The van der Waals surface area contributed by atoms with Crippen LogP contribution in [0.4, 0.5) is 0 Å². The zero-order valence-electron chi connectivity index (χ0n) is 13.7. The molecule has 7 nitrogen and oxygen atoms in total. The SMILES string of the molecule is O=C1CCC=CC[C@@H](n2ccnn2)C(=O)OC[C@@H](c2ccccc2)N1. The van der Waals surface area contributed by atoms with E-state index in [1.54, 1.807) is 6.20 Å². The molecule has 0 bridgehead atoms. The van der Waals surface area contributed by atoms with Crippen LogP contribution in [0.15, 0.2) is 54.9 Å². The first-order valence-electron chi connectivity index (χ1n) is 8.26. The molecule has 3 rings (SSSR count). The van der Waals surface area contributed by atoms with Crippen molar-refractivity contribution >= 4 is 11.9 Å². The van der Waals surface area contributed by atoms with Crippen LogP contribution in [0.3, 0.4) is 0 Å². The van der Waals surface area contributed by atoms with Gasteiger partial charge in [-0.3, -0.25) is 4.79 Å². The van der Waals surface area contributed by atoms with Gasteiger partial charge in [0.15, 0.2) is 6.04 Å². The summed E-state index contributed by atoms with van der Waals surface area (Å²) in [5, 5.41) is 10.6. The summed E-state index contributed by atoms with van der Waals surface area (Å²) in [4.78, 5) is 24.6. The number of hydrogen-bond acceptors (Lipinski definition) is 5. The number of carbonyl (C=O) groups excluding carboxylic acids is 2. The summed E-state index contributed by atoms with van der Waals surface area (Å²) < 4.78 is 6.98. The molecule has 1 amide bonds. The van der Waals surface area contributed by atoms with Crippen LogP contribution < -0.4 is 5.32 Å². The lowest BCUT2D eigenvalue weighted by molar-refractivity contribution is -0.149. The van der Waals surface area contributed by atoms with Crippen LogP contribution in [0.25, 0.3) is 0 Å². The zero-order chi connectivity index (χ0) is 17.5. The number of benzene rings is 1. The molecule has 1 aromatic heterocycles. The molecule has 2 atom stereocenters. The van der Waals surface area contributed by atoms with Crippen molar-refractivity contribution in [1.29, 1.82) is 0 Å². The van der Waals surface area contributed by atoms with Crippen LogP contribution in [0.1, 0.15) is 36.9 Å². The Hall–Kier alpha value is -2.96. The molecular weight excluding hydrogens is 320 g/mol. The van der Waals surface area contributed by atoms with Gasteiger partial charge in [0.1, 0.15) is 6.61 Å². The monoisotopic (exact) mass is 340 g/mol. The molecule has 2 aromatic rings. The van der Waals surface area contributed by atoms with E-state index in [0.717, 1.165) is 5.56 Å². The predicted molar refractivity (Wildman–Crippen MR) is 90.3 cm³/mol. The fraction of sp³-hybridized carbons (Fsp3) is 0.333. The second kappa shape index (κ2) is 8.23. The Morgan fingerprint density at radius 1 is 1.16 bits per heavy atom. The van der Waals surface area contributed by atoms with Crippen LogP contribution >= 0.6 is 0 Å². The van der Waals surface area contributed by atoms with E-state index in [4.69, 9.17) is 4.74 Å². The highest BCUT2D eigenvalue weighted by Crippen LogP contribution is 2.18. The van der Waals surface area contributed by atoms with Crippen LogP contribution in [0.2, 0.25) is 0 Å². The van der Waals surface area contributed by atoms with Gasteiger partial charge in [0.25, 0.3) is 0 Å². The number of aromatic nitrogens is 3. The number of cyclic esters (lactones) is 1. The third-order valence-electron chi connectivity index (χ3n) is 4.03. The van der Waals surface area contributed by atoms with E-state index in [9.17, 15) is 9.59 Å². The van der Waals surface area contributed by atoms with Crippen molar-refractivity contribution < 1.29 is 14.3 Å². The highest BCUT2D eigenvalue weighted by atomic mass is 16.5. The Morgan fingerprint density at radius 2 is 2.00 bits per heavy atom. The lowest BCUT2D eigenvalue weighted by atomic mass is 10.1. The van der Waals surface area contributed by atoms with Crippen molar-refractivity contribution in [3.05, 3.63) is 60.4 Å². The Labute approximate surface area is 145 Å². The number of esters is 1. The standard InChI is InChI=1S/C18H20N4O3/c23-17-10-6-2-5-9-16(22-12-11-19-21-22)18(24)25-13-15(20-17)14-7-3-1-4-8-14/h1-5,7-8,11-12,15-16H,6,9-10,13H2,(H,20,23)/t15-,16+/m0/s1. The number of nitrogens with one attached hydrogen (secondary N) is 1. The molecule has 130 valence electrons. The van der Waals surface area contributed by atoms with Crippen LogP contribution in [0, 0.1) is 0 Å². The second-order valence-corrected chi connectivity index (χ2v) is 5.81. The molecule has 0 radical (unpaired) electrons. The smallest absolute Gasteiger partial charge is 0.331 e. The average molecular weight is 340 g/mol. The number of hydrogen-bond donors (Lipinski definition) is 1. The molecule has 0 spiro atoms. The van der Waals surface area contributed by atoms with Gasteiger partial charge in [0.2, 0.25) is 5.91 Å². The molecule has 1 aliphatic heterocycles. The molecule has 0 aliphatic carbocycles. The molecule has 2 heterocycles. The van der Waals surface area contributed by atoms with E-state index in [1.165, 1.54) is 10.9 Å². The Balaban J connectivity index is 1.80. The van der Waals surface area contributed by atoms with Crippen molar-refractivity contribution in [2.75, 3.05) is 6.61 Å². The number of rotatable bonds is 2. The normalized spacial score (nSPS) is 22.4. The summed E-state index contributed by atoms with van der Waals surface area (Å²) in [7, 11) is 0. The molecule has 0 unspecified atom stereocenters. The van der Waals surface area contributed by atoms with Gasteiger partial charge >= 0.3 is 5.97 Å². The minimum atomic E-state index is -0.565. The number of amides is 1. The number of ether oxygens (including phenoxy) is 1. The Morgan fingerprint density at radius 3 is 2.76 bits per heavy atom. The third kappa shape index (κ3) is 4.53. The van der Waals surface area contributed by atoms with Gasteiger partial charge in [0, 0.05) is 12.6 Å². The summed E-state index contributed by atoms with van der Waals surface area (Å²) in [5.41, 5.74) is 0.897. The minimum absolute atomic E-state index is 0.0667. The number of nitrogens with zero attached hydrogens (tertiary/aromatic N) is 3. The molecule has 7 heteroatoms. The summed E-state index contributed by atoms with van der Waals surface area (Å²) in [6.45, 7) is 0.0729. The van der Waals surface area contributed by atoms with E-state index in [0.29, 0.717) is 19.3 Å². The largest absolute Gasteiger partial charge is 0.462 e. The minimum Gasteiger partial charge on any atom is -0.462 e.